The lowest BCUT2D eigenvalue weighted by Gasteiger charge is -2.09. The Kier molecular flexibility index (Phi) is 2.96. The van der Waals surface area contributed by atoms with Crippen molar-refractivity contribution in [1.29, 1.82) is 0 Å². The van der Waals surface area contributed by atoms with Crippen LogP contribution in [0.1, 0.15) is 25.5 Å². The fourth-order valence-electron chi connectivity index (χ4n) is 1.56. The standard InChI is InChI=1S/C11H14N4S/c1-6(2)9-10-8(14-11(12)15-9)4-7(16-3)5-13-10/h4-6H,1-3H3,(H2,12,14,15). The largest absolute Gasteiger partial charge is 0.368 e. The summed E-state index contributed by atoms with van der Waals surface area (Å²) in [6.45, 7) is 4.15. The SMILES string of the molecule is CSc1cnc2c(C(C)C)nc(N)nc2c1. The Morgan fingerprint density at radius 2 is 2.06 bits per heavy atom. The number of nitrogens with two attached hydrogens (primary N) is 1. The van der Waals surface area contributed by atoms with E-state index in [0.717, 1.165) is 21.6 Å². The molecule has 0 aromatic carbocycles. The molecule has 0 aliphatic carbocycles. The number of hydrogen-bond acceptors (Lipinski definition) is 5. The van der Waals surface area contributed by atoms with Crippen LogP contribution in [0.4, 0.5) is 5.95 Å². The Morgan fingerprint density at radius 1 is 1.31 bits per heavy atom. The molecule has 0 atom stereocenters. The molecule has 2 heterocycles. The number of hydrogen-bond donors (Lipinski definition) is 1. The number of pyridine rings is 1. The second-order valence-electron chi connectivity index (χ2n) is 3.86. The van der Waals surface area contributed by atoms with Crippen LogP contribution in [0, 0.1) is 0 Å². The van der Waals surface area contributed by atoms with Crippen molar-refractivity contribution in [2.75, 3.05) is 12.0 Å². The van der Waals surface area contributed by atoms with Crippen LogP contribution in [0.5, 0.6) is 0 Å². The number of nitrogens with zero attached hydrogens (tertiary/aromatic N) is 3. The molecule has 0 saturated heterocycles. The zero-order valence-electron chi connectivity index (χ0n) is 9.56. The van der Waals surface area contributed by atoms with Crippen LogP contribution in [0.2, 0.25) is 0 Å². The van der Waals surface area contributed by atoms with E-state index in [4.69, 9.17) is 5.73 Å². The van der Waals surface area contributed by atoms with Gasteiger partial charge in [0.1, 0.15) is 5.52 Å². The van der Waals surface area contributed by atoms with Crippen LogP contribution >= 0.6 is 11.8 Å². The number of fused-ring (bicyclic) bond motifs is 1. The highest BCUT2D eigenvalue weighted by Crippen LogP contribution is 2.24. The fraction of sp³-hybridized carbons (Fsp3) is 0.364. The maximum absolute atomic E-state index is 5.70. The van der Waals surface area contributed by atoms with E-state index < -0.39 is 0 Å². The summed E-state index contributed by atoms with van der Waals surface area (Å²) in [5.74, 6) is 0.608. The van der Waals surface area contributed by atoms with E-state index in [2.05, 4.69) is 28.8 Å². The summed E-state index contributed by atoms with van der Waals surface area (Å²) in [7, 11) is 0. The van der Waals surface area contributed by atoms with Crippen molar-refractivity contribution in [3.8, 4) is 0 Å². The molecule has 0 fully saturated rings. The van der Waals surface area contributed by atoms with Crippen LogP contribution in [-0.4, -0.2) is 21.2 Å². The van der Waals surface area contributed by atoms with Crippen molar-refractivity contribution < 1.29 is 0 Å². The predicted octanol–water partition coefficient (Wildman–Crippen LogP) is 2.45. The van der Waals surface area contributed by atoms with Gasteiger partial charge in [0.05, 0.1) is 11.2 Å². The first-order valence-electron chi connectivity index (χ1n) is 5.09. The normalized spacial score (nSPS) is 11.2. The summed E-state index contributed by atoms with van der Waals surface area (Å²) in [5.41, 5.74) is 8.28. The minimum absolute atomic E-state index is 0.292. The van der Waals surface area contributed by atoms with E-state index in [-0.39, 0.29) is 0 Å². The third kappa shape index (κ3) is 1.95. The Labute approximate surface area is 98.7 Å². The highest BCUT2D eigenvalue weighted by Gasteiger charge is 2.11. The predicted molar refractivity (Wildman–Crippen MR) is 67.6 cm³/mol. The number of nitrogen functional groups attached to an aromatic ring is 1. The van der Waals surface area contributed by atoms with Crippen LogP contribution in [-0.2, 0) is 0 Å². The lowest BCUT2D eigenvalue weighted by atomic mass is 10.1. The second-order valence-corrected chi connectivity index (χ2v) is 4.74. The number of aromatic nitrogens is 3. The smallest absolute Gasteiger partial charge is 0.220 e. The van der Waals surface area contributed by atoms with E-state index in [1.807, 2.05) is 18.5 Å². The summed E-state index contributed by atoms with van der Waals surface area (Å²) in [4.78, 5) is 14.0. The molecule has 2 aromatic rings. The zero-order chi connectivity index (χ0) is 11.7. The van der Waals surface area contributed by atoms with Gasteiger partial charge in [0.15, 0.2) is 0 Å². The summed E-state index contributed by atoms with van der Waals surface area (Å²) < 4.78 is 0. The average molecular weight is 234 g/mol. The first-order chi connectivity index (χ1) is 7.61. The third-order valence-corrected chi connectivity index (χ3v) is 3.03. The van der Waals surface area contributed by atoms with E-state index in [0.29, 0.717) is 11.9 Å². The van der Waals surface area contributed by atoms with Crippen molar-refractivity contribution in [2.24, 2.45) is 0 Å². The molecular formula is C11H14N4S. The number of anilines is 1. The Morgan fingerprint density at radius 3 is 2.69 bits per heavy atom. The zero-order valence-corrected chi connectivity index (χ0v) is 10.4. The number of rotatable bonds is 2. The van der Waals surface area contributed by atoms with Gasteiger partial charge in [-0.2, -0.15) is 0 Å². The molecule has 0 unspecified atom stereocenters. The maximum Gasteiger partial charge on any atom is 0.220 e. The first-order valence-corrected chi connectivity index (χ1v) is 6.31. The summed E-state index contributed by atoms with van der Waals surface area (Å²) in [5, 5.41) is 0. The van der Waals surface area contributed by atoms with E-state index in [1.165, 1.54) is 0 Å². The molecule has 0 amide bonds. The molecule has 0 aliphatic rings. The molecular weight excluding hydrogens is 220 g/mol. The van der Waals surface area contributed by atoms with Crippen molar-refractivity contribution in [1.82, 2.24) is 15.0 Å². The van der Waals surface area contributed by atoms with Gasteiger partial charge in [-0.1, -0.05) is 13.8 Å². The van der Waals surface area contributed by atoms with Crippen LogP contribution in [0.25, 0.3) is 11.0 Å². The van der Waals surface area contributed by atoms with Crippen molar-refractivity contribution in [3.63, 3.8) is 0 Å². The maximum atomic E-state index is 5.70. The highest BCUT2D eigenvalue weighted by molar-refractivity contribution is 7.98. The van der Waals surface area contributed by atoms with Gasteiger partial charge in [-0.25, -0.2) is 9.97 Å². The van der Waals surface area contributed by atoms with E-state index in [1.54, 1.807) is 11.8 Å². The summed E-state index contributed by atoms with van der Waals surface area (Å²) >= 11 is 1.64. The lowest BCUT2D eigenvalue weighted by Crippen LogP contribution is -2.03. The van der Waals surface area contributed by atoms with E-state index in [9.17, 15) is 0 Å². The molecule has 84 valence electrons. The topological polar surface area (TPSA) is 64.7 Å². The van der Waals surface area contributed by atoms with Crippen LogP contribution in [0.15, 0.2) is 17.2 Å². The molecule has 4 nitrogen and oxygen atoms in total. The van der Waals surface area contributed by atoms with Gasteiger partial charge in [-0.3, -0.25) is 4.98 Å². The molecule has 2 aromatic heterocycles. The van der Waals surface area contributed by atoms with Crippen LogP contribution < -0.4 is 5.73 Å². The molecule has 0 spiro atoms. The average Bonchev–Trinajstić information content (AvgIpc) is 2.26. The van der Waals surface area contributed by atoms with Crippen molar-refractivity contribution >= 4 is 28.7 Å². The molecule has 16 heavy (non-hydrogen) atoms. The molecule has 5 heteroatoms. The molecule has 2 rings (SSSR count). The molecule has 0 aliphatic heterocycles. The highest BCUT2D eigenvalue weighted by atomic mass is 32.2. The Bertz CT molecular complexity index is 525. The van der Waals surface area contributed by atoms with Gasteiger partial charge in [0, 0.05) is 11.1 Å². The fourth-order valence-corrected chi connectivity index (χ4v) is 1.94. The van der Waals surface area contributed by atoms with Gasteiger partial charge in [0.25, 0.3) is 0 Å². The molecule has 0 bridgehead atoms. The van der Waals surface area contributed by atoms with Crippen molar-refractivity contribution in [3.05, 3.63) is 18.0 Å². The van der Waals surface area contributed by atoms with Gasteiger partial charge in [-0.05, 0) is 18.2 Å². The van der Waals surface area contributed by atoms with Crippen molar-refractivity contribution in [2.45, 2.75) is 24.7 Å². The second kappa shape index (κ2) is 4.25. The monoisotopic (exact) mass is 234 g/mol. The van der Waals surface area contributed by atoms with Gasteiger partial charge < -0.3 is 5.73 Å². The number of thioether (sulfide) groups is 1. The molecule has 0 radical (unpaired) electrons. The first kappa shape index (κ1) is 11.1. The molecule has 0 saturated carbocycles. The Hall–Kier alpha value is -1.36. The molecule has 2 N–H and O–H groups in total. The van der Waals surface area contributed by atoms with Crippen LogP contribution in [0.3, 0.4) is 0 Å². The minimum Gasteiger partial charge on any atom is -0.368 e. The summed E-state index contributed by atoms with van der Waals surface area (Å²) in [6.07, 6.45) is 3.86. The summed E-state index contributed by atoms with van der Waals surface area (Å²) in [6, 6.07) is 2.00. The lowest BCUT2D eigenvalue weighted by molar-refractivity contribution is 0.827. The van der Waals surface area contributed by atoms with Gasteiger partial charge >= 0.3 is 0 Å². The van der Waals surface area contributed by atoms with Gasteiger partial charge in [0.2, 0.25) is 5.95 Å². The quantitative estimate of drug-likeness (QED) is 0.808. The van der Waals surface area contributed by atoms with E-state index >= 15 is 0 Å². The third-order valence-electron chi connectivity index (χ3n) is 2.34. The Balaban J connectivity index is 2.73. The minimum atomic E-state index is 0.292. The van der Waals surface area contributed by atoms with Gasteiger partial charge in [-0.15, -0.1) is 11.8 Å².